The summed E-state index contributed by atoms with van der Waals surface area (Å²) in [5, 5.41) is 2.53. The number of nitrogens with one attached hydrogen (secondary N) is 1. The van der Waals surface area contributed by atoms with E-state index in [1.165, 1.54) is 43.2 Å². The van der Waals surface area contributed by atoms with E-state index in [1.54, 1.807) is 24.3 Å². The highest BCUT2D eigenvalue weighted by molar-refractivity contribution is 7.87. The van der Waals surface area contributed by atoms with Gasteiger partial charge in [0.25, 0.3) is 0 Å². The predicted octanol–water partition coefficient (Wildman–Crippen LogP) is 3.23. The van der Waals surface area contributed by atoms with Gasteiger partial charge < -0.3 is 19.1 Å². The molecule has 0 saturated heterocycles. The van der Waals surface area contributed by atoms with Crippen LogP contribution in [0.5, 0.6) is 5.75 Å². The lowest BCUT2D eigenvalue weighted by Crippen LogP contribution is -2.37. The molecule has 9 heteroatoms. The molecule has 2 aromatic rings. The van der Waals surface area contributed by atoms with E-state index >= 15 is 0 Å². The van der Waals surface area contributed by atoms with Gasteiger partial charge in [-0.2, -0.15) is 8.42 Å². The van der Waals surface area contributed by atoms with E-state index < -0.39 is 22.0 Å². The number of halogens is 1. The van der Waals surface area contributed by atoms with E-state index in [-0.39, 0.29) is 36.9 Å². The van der Waals surface area contributed by atoms with E-state index in [2.05, 4.69) is 5.32 Å². The normalized spacial score (nSPS) is 11.1. The first-order valence-corrected chi connectivity index (χ1v) is 10.2. The average molecular weight is 410 g/mol. The monoisotopic (exact) mass is 410 g/mol. The van der Waals surface area contributed by atoms with Crippen molar-refractivity contribution in [2.75, 3.05) is 31.3 Å². The SMILES string of the molecule is CCS(=O)(=O)Oc1cccc(CN(CCOC)C(=O)Nc2ccccc2F)c1. The highest BCUT2D eigenvalue weighted by Gasteiger charge is 2.17. The fourth-order valence-electron chi connectivity index (χ4n) is 2.33. The lowest BCUT2D eigenvalue weighted by atomic mass is 10.2. The van der Waals surface area contributed by atoms with Crippen LogP contribution in [0.2, 0.25) is 0 Å². The van der Waals surface area contributed by atoms with Gasteiger partial charge in [0, 0.05) is 20.2 Å². The minimum Gasteiger partial charge on any atom is -0.383 e. The van der Waals surface area contributed by atoms with E-state index in [4.69, 9.17) is 8.92 Å². The fraction of sp³-hybridized carbons (Fsp3) is 0.316. The number of para-hydroxylation sites is 1. The van der Waals surface area contributed by atoms with Gasteiger partial charge in [0.2, 0.25) is 0 Å². The summed E-state index contributed by atoms with van der Waals surface area (Å²) in [6, 6.07) is 11.8. The Morgan fingerprint density at radius 3 is 2.61 bits per heavy atom. The van der Waals surface area contributed by atoms with Crippen LogP contribution in [0.25, 0.3) is 0 Å². The second-order valence-corrected chi connectivity index (χ2v) is 7.76. The molecule has 0 unspecified atom stereocenters. The number of hydrogen-bond acceptors (Lipinski definition) is 5. The highest BCUT2D eigenvalue weighted by atomic mass is 32.2. The van der Waals surface area contributed by atoms with E-state index in [1.807, 2.05) is 0 Å². The summed E-state index contributed by atoms with van der Waals surface area (Å²) in [4.78, 5) is 14.0. The van der Waals surface area contributed by atoms with Gasteiger partial charge in [-0.3, -0.25) is 0 Å². The van der Waals surface area contributed by atoms with Gasteiger partial charge in [-0.15, -0.1) is 0 Å². The van der Waals surface area contributed by atoms with Crippen molar-refractivity contribution in [3.63, 3.8) is 0 Å². The van der Waals surface area contributed by atoms with Crippen LogP contribution in [-0.4, -0.2) is 45.4 Å². The molecule has 2 amide bonds. The van der Waals surface area contributed by atoms with Crippen LogP contribution in [0.15, 0.2) is 48.5 Å². The van der Waals surface area contributed by atoms with Crippen LogP contribution in [0, 0.1) is 5.82 Å². The second kappa shape index (κ2) is 10.0. The van der Waals surface area contributed by atoms with E-state index in [0.29, 0.717) is 5.56 Å². The summed E-state index contributed by atoms with van der Waals surface area (Å²) < 4.78 is 47.1. The summed E-state index contributed by atoms with van der Waals surface area (Å²) in [6.45, 7) is 2.19. The molecule has 0 saturated carbocycles. The number of urea groups is 1. The molecule has 2 rings (SSSR count). The van der Waals surface area contributed by atoms with Crippen molar-refractivity contribution in [1.29, 1.82) is 0 Å². The Morgan fingerprint density at radius 1 is 1.18 bits per heavy atom. The zero-order valence-electron chi connectivity index (χ0n) is 15.7. The fourth-order valence-corrected chi connectivity index (χ4v) is 2.85. The number of nitrogens with zero attached hydrogens (tertiary/aromatic N) is 1. The van der Waals surface area contributed by atoms with Gasteiger partial charge >= 0.3 is 16.1 Å². The number of amides is 2. The minimum absolute atomic E-state index is 0.0704. The Kier molecular flexibility index (Phi) is 7.77. The molecular formula is C19H23FN2O5S. The Labute approximate surface area is 164 Å². The standard InChI is InChI=1S/C19H23FN2O5S/c1-3-28(24,25)27-16-8-6-7-15(13-16)14-22(11-12-26-2)19(23)21-18-10-5-4-9-17(18)20/h4-10,13H,3,11-12,14H2,1-2H3,(H,21,23). The molecular weight excluding hydrogens is 387 g/mol. The second-order valence-electron chi connectivity index (χ2n) is 5.90. The molecule has 28 heavy (non-hydrogen) atoms. The van der Waals surface area contributed by atoms with Crippen LogP contribution < -0.4 is 9.50 Å². The molecule has 2 aromatic carbocycles. The number of ether oxygens (including phenoxy) is 1. The molecule has 0 heterocycles. The summed E-state index contributed by atoms with van der Waals surface area (Å²) in [7, 11) is -2.14. The average Bonchev–Trinajstić information content (AvgIpc) is 2.67. The number of hydrogen-bond donors (Lipinski definition) is 1. The van der Waals surface area contributed by atoms with Crippen molar-refractivity contribution in [2.45, 2.75) is 13.5 Å². The number of carbonyl (C=O) groups is 1. The number of methoxy groups -OCH3 is 1. The van der Waals surface area contributed by atoms with Crippen molar-refractivity contribution < 1.29 is 26.5 Å². The number of rotatable bonds is 9. The molecule has 0 aliphatic carbocycles. The van der Waals surface area contributed by atoms with Crippen LogP contribution in [0.1, 0.15) is 12.5 Å². The van der Waals surface area contributed by atoms with Gasteiger partial charge in [0.1, 0.15) is 11.6 Å². The third kappa shape index (κ3) is 6.50. The maximum absolute atomic E-state index is 13.8. The number of anilines is 1. The van der Waals surface area contributed by atoms with Crippen molar-refractivity contribution in [3.05, 3.63) is 59.9 Å². The lowest BCUT2D eigenvalue weighted by Gasteiger charge is -2.23. The van der Waals surface area contributed by atoms with E-state index in [9.17, 15) is 17.6 Å². The zero-order chi connectivity index (χ0) is 20.6. The third-order valence-corrected chi connectivity index (χ3v) is 4.97. The number of carbonyl (C=O) groups excluding carboxylic acids is 1. The molecule has 0 aliphatic rings. The van der Waals surface area contributed by atoms with Crippen molar-refractivity contribution in [1.82, 2.24) is 4.90 Å². The summed E-state index contributed by atoms with van der Waals surface area (Å²) >= 11 is 0. The molecule has 0 fully saturated rings. The Bertz CT molecular complexity index is 905. The molecule has 7 nitrogen and oxygen atoms in total. The maximum Gasteiger partial charge on any atom is 0.322 e. The third-order valence-electron chi connectivity index (χ3n) is 3.82. The van der Waals surface area contributed by atoms with E-state index in [0.717, 1.165) is 0 Å². The van der Waals surface area contributed by atoms with Gasteiger partial charge in [-0.25, -0.2) is 9.18 Å². The molecule has 0 radical (unpaired) electrons. The highest BCUT2D eigenvalue weighted by Crippen LogP contribution is 2.18. The van der Waals surface area contributed by atoms with Gasteiger partial charge in [-0.05, 0) is 36.8 Å². The molecule has 0 spiro atoms. The van der Waals surface area contributed by atoms with Crippen LogP contribution in [0.3, 0.4) is 0 Å². The predicted molar refractivity (Wildman–Crippen MR) is 104 cm³/mol. The van der Waals surface area contributed by atoms with Gasteiger partial charge in [-0.1, -0.05) is 24.3 Å². The molecule has 0 atom stereocenters. The summed E-state index contributed by atoms with van der Waals surface area (Å²) in [6.07, 6.45) is 0. The lowest BCUT2D eigenvalue weighted by molar-refractivity contribution is 0.152. The molecule has 0 aliphatic heterocycles. The largest absolute Gasteiger partial charge is 0.383 e. The van der Waals surface area contributed by atoms with Crippen molar-refractivity contribution in [2.24, 2.45) is 0 Å². The maximum atomic E-state index is 13.8. The Balaban J connectivity index is 2.15. The number of benzene rings is 2. The molecule has 152 valence electrons. The van der Waals surface area contributed by atoms with Crippen molar-refractivity contribution >= 4 is 21.8 Å². The topological polar surface area (TPSA) is 84.9 Å². The molecule has 1 N–H and O–H groups in total. The summed E-state index contributed by atoms with van der Waals surface area (Å²) in [5.41, 5.74) is 0.727. The molecule has 0 bridgehead atoms. The first-order chi connectivity index (χ1) is 13.3. The Morgan fingerprint density at radius 2 is 1.93 bits per heavy atom. The first-order valence-electron chi connectivity index (χ1n) is 8.65. The quantitative estimate of drug-likeness (QED) is 0.642. The minimum atomic E-state index is -3.65. The first kappa shape index (κ1) is 21.6. The van der Waals surface area contributed by atoms with Gasteiger partial charge in [0.15, 0.2) is 0 Å². The van der Waals surface area contributed by atoms with Crippen molar-refractivity contribution in [3.8, 4) is 5.75 Å². The van der Waals surface area contributed by atoms with Gasteiger partial charge in [0.05, 0.1) is 18.0 Å². The summed E-state index contributed by atoms with van der Waals surface area (Å²) in [5.74, 6) is -0.523. The Hall–Kier alpha value is -2.65. The van der Waals surface area contributed by atoms with Crippen LogP contribution in [0.4, 0.5) is 14.9 Å². The smallest absolute Gasteiger partial charge is 0.322 e. The van der Waals surface area contributed by atoms with Crippen LogP contribution in [-0.2, 0) is 21.4 Å². The zero-order valence-corrected chi connectivity index (χ0v) is 16.5. The van der Waals surface area contributed by atoms with Crippen LogP contribution >= 0.6 is 0 Å². The molecule has 0 aromatic heterocycles.